The van der Waals surface area contributed by atoms with Gasteiger partial charge in [0.1, 0.15) is 5.75 Å². The third kappa shape index (κ3) is 3.75. The number of halogens is 1. The van der Waals surface area contributed by atoms with Crippen molar-refractivity contribution in [2.45, 2.75) is 33.1 Å². The van der Waals surface area contributed by atoms with Crippen LogP contribution in [0.1, 0.15) is 37.3 Å². The molecule has 0 amide bonds. The molecule has 0 aliphatic heterocycles. The van der Waals surface area contributed by atoms with E-state index >= 15 is 0 Å². The molecule has 0 spiro atoms. The largest absolute Gasteiger partial charge is 0.493 e. The molecule has 2 heteroatoms. The third-order valence-corrected chi connectivity index (χ3v) is 2.68. The Morgan fingerprint density at radius 2 is 2.07 bits per heavy atom. The van der Waals surface area contributed by atoms with Crippen LogP contribution in [0, 0.1) is 6.92 Å². The first-order valence-corrected chi connectivity index (χ1v) is 5.98. The van der Waals surface area contributed by atoms with Gasteiger partial charge in [0.2, 0.25) is 0 Å². The molecular formula is C13H19ClO. The fraction of sp³-hybridized carbons (Fsp3) is 0.538. The van der Waals surface area contributed by atoms with Crippen LogP contribution in [0.2, 0.25) is 0 Å². The molecule has 0 saturated heterocycles. The normalized spacial score (nSPS) is 10.7. The van der Waals surface area contributed by atoms with E-state index < -0.39 is 0 Å². The minimum absolute atomic E-state index is 0.543. The highest BCUT2D eigenvalue weighted by Crippen LogP contribution is 2.24. The first-order valence-electron chi connectivity index (χ1n) is 5.44. The Morgan fingerprint density at radius 3 is 2.67 bits per heavy atom. The smallest absolute Gasteiger partial charge is 0.122 e. The van der Waals surface area contributed by atoms with Gasteiger partial charge < -0.3 is 4.74 Å². The summed E-state index contributed by atoms with van der Waals surface area (Å²) in [6, 6.07) is 6.41. The summed E-state index contributed by atoms with van der Waals surface area (Å²) in [5, 5.41) is 0. The molecule has 0 unspecified atom stereocenters. The Bertz CT molecular complexity index is 307. The predicted octanol–water partition coefficient (Wildman–Crippen LogP) is 4.13. The maximum Gasteiger partial charge on any atom is 0.122 e. The summed E-state index contributed by atoms with van der Waals surface area (Å²) in [6.07, 6.45) is 0.896. The topological polar surface area (TPSA) is 9.23 Å². The van der Waals surface area contributed by atoms with Gasteiger partial charge in [-0.25, -0.2) is 0 Å². The molecule has 0 radical (unpaired) electrons. The molecule has 0 N–H and O–H groups in total. The highest BCUT2D eigenvalue weighted by atomic mass is 35.5. The number of alkyl halides is 1. The number of hydrogen-bond donors (Lipinski definition) is 0. The summed E-state index contributed by atoms with van der Waals surface area (Å²) in [6.45, 7) is 7.15. The molecule has 0 aliphatic carbocycles. The molecule has 0 heterocycles. The molecule has 1 aromatic rings. The molecular weight excluding hydrogens is 208 g/mol. The van der Waals surface area contributed by atoms with Crippen LogP contribution in [0.3, 0.4) is 0 Å². The molecule has 0 aliphatic rings. The summed E-state index contributed by atoms with van der Waals surface area (Å²) in [4.78, 5) is 0. The highest BCUT2D eigenvalue weighted by molar-refractivity contribution is 6.17. The molecule has 0 fully saturated rings. The minimum atomic E-state index is 0.543. The van der Waals surface area contributed by atoms with E-state index in [-0.39, 0.29) is 0 Å². The van der Waals surface area contributed by atoms with E-state index in [1.54, 1.807) is 0 Å². The van der Waals surface area contributed by atoms with Crippen molar-refractivity contribution in [3.8, 4) is 5.75 Å². The Kier molecular flexibility index (Phi) is 4.97. The van der Waals surface area contributed by atoms with E-state index in [0.717, 1.165) is 12.2 Å². The highest BCUT2D eigenvalue weighted by Gasteiger charge is 2.04. The van der Waals surface area contributed by atoms with Crippen molar-refractivity contribution in [1.82, 2.24) is 0 Å². The molecule has 1 rings (SSSR count). The second kappa shape index (κ2) is 6.02. The number of hydrogen-bond acceptors (Lipinski definition) is 1. The first-order chi connectivity index (χ1) is 7.15. The van der Waals surface area contributed by atoms with Crippen LogP contribution in [0.4, 0.5) is 0 Å². The zero-order valence-corrected chi connectivity index (χ0v) is 10.5. The van der Waals surface area contributed by atoms with Gasteiger partial charge in [0.15, 0.2) is 0 Å². The standard InChI is InChI=1S/C13H19ClO/c1-10(2)12-6-5-11(3)13(9-12)15-8-4-7-14/h5-6,9-10H,4,7-8H2,1-3H3. The summed E-state index contributed by atoms with van der Waals surface area (Å²) in [7, 11) is 0. The predicted molar refractivity (Wildman–Crippen MR) is 66.1 cm³/mol. The lowest BCUT2D eigenvalue weighted by molar-refractivity contribution is 0.316. The molecule has 15 heavy (non-hydrogen) atoms. The van der Waals surface area contributed by atoms with Gasteiger partial charge >= 0.3 is 0 Å². The summed E-state index contributed by atoms with van der Waals surface area (Å²) in [5.74, 6) is 2.19. The van der Waals surface area contributed by atoms with E-state index in [9.17, 15) is 0 Å². The van der Waals surface area contributed by atoms with Crippen LogP contribution in [-0.2, 0) is 0 Å². The average Bonchev–Trinajstić information content (AvgIpc) is 2.20. The molecule has 1 nitrogen and oxygen atoms in total. The zero-order chi connectivity index (χ0) is 11.3. The fourth-order valence-corrected chi connectivity index (χ4v) is 1.48. The van der Waals surface area contributed by atoms with Crippen LogP contribution in [-0.4, -0.2) is 12.5 Å². The lowest BCUT2D eigenvalue weighted by atomic mass is 10.0. The van der Waals surface area contributed by atoms with E-state index in [0.29, 0.717) is 18.4 Å². The molecule has 0 bridgehead atoms. The van der Waals surface area contributed by atoms with E-state index in [1.165, 1.54) is 11.1 Å². The van der Waals surface area contributed by atoms with Gasteiger partial charge in [0.05, 0.1) is 6.61 Å². The summed E-state index contributed by atoms with van der Waals surface area (Å²) >= 11 is 5.61. The van der Waals surface area contributed by atoms with E-state index in [4.69, 9.17) is 16.3 Å². The van der Waals surface area contributed by atoms with Gasteiger partial charge in [0.25, 0.3) is 0 Å². The number of rotatable bonds is 5. The number of aryl methyl sites for hydroxylation is 1. The SMILES string of the molecule is Cc1ccc(C(C)C)cc1OCCCCl. The number of ether oxygens (including phenoxy) is 1. The number of benzene rings is 1. The van der Waals surface area contributed by atoms with Crippen LogP contribution in [0.25, 0.3) is 0 Å². The van der Waals surface area contributed by atoms with Crippen molar-refractivity contribution >= 4 is 11.6 Å². The maximum absolute atomic E-state index is 5.68. The van der Waals surface area contributed by atoms with Crippen molar-refractivity contribution in [3.05, 3.63) is 29.3 Å². The van der Waals surface area contributed by atoms with Gasteiger partial charge in [-0.05, 0) is 36.5 Å². The quantitative estimate of drug-likeness (QED) is 0.542. The van der Waals surface area contributed by atoms with Gasteiger partial charge in [-0.3, -0.25) is 0 Å². The first kappa shape index (κ1) is 12.4. The monoisotopic (exact) mass is 226 g/mol. The van der Waals surface area contributed by atoms with E-state index in [2.05, 4.69) is 39.0 Å². The molecule has 1 aromatic carbocycles. The average molecular weight is 227 g/mol. The van der Waals surface area contributed by atoms with Crippen LogP contribution in [0.15, 0.2) is 18.2 Å². The van der Waals surface area contributed by atoms with Gasteiger partial charge in [-0.15, -0.1) is 11.6 Å². The van der Waals surface area contributed by atoms with Crippen LogP contribution >= 0.6 is 11.6 Å². The second-order valence-corrected chi connectivity index (χ2v) is 4.45. The molecule has 0 saturated carbocycles. The van der Waals surface area contributed by atoms with Crippen molar-refractivity contribution in [2.24, 2.45) is 0 Å². The Hall–Kier alpha value is -0.690. The summed E-state index contributed by atoms with van der Waals surface area (Å²) in [5.41, 5.74) is 2.51. The van der Waals surface area contributed by atoms with Crippen molar-refractivity contribution in [1.29, 1.82) is 0 Å². The van der Waals surface area contributed by atoms with Crippen molar-refractivity contribution in [3.63, 3.8) is 0 Å². The third-order valence-electron chi connectivity index (χ3n) is 2.41. The zero-order valence-electron chi connectivity index (χ0n) is 9.72. The minimum Gasteiger partial charge on any atom is -0.493 e. The molecule has 84 valence electrons. The van der Waals surface area contributed by atoms with Crippen LogP contribution < -0.4 is 4.74 Å². The van der Waals surface area contributed by atoms with Gasteiger partial charge in [-0.1, -0.05) is 26.0 Å². The van der Waals surface area contributed by atoms with Gasteiger partial charge in [0, 0.05) is 5.88 Å². The van der Waals surface area contributed by atoms with Crippen LogP contribution in [0.5, 0.6) is 5.75 Å². The van der Waals surface area contributed by atoms with Crippen molar-refractivity contribution in [2.75, 3.05) is 12.5 Å². The van der Waals surface area contributed by atoms with Gasteiger partial charge in [-0.2, -0.15) is 0 Å². The second-order valence-electron chi connectivity index (χ2n) is 4.07. The van der Waals surface area contributed by atoms with E-state index in [1.807, 2.05) is 0 Å². The lowest BCUT2D eigenvalue weighted by Gasteiger charge is -2.12. The Morgan fingerprint density at radius 1 is 1.33 bits per heavy atom. The molecule has 0 aromatic heterocycles. The maximum atomic E-state index is 5.68. The fourth-order valence-electron chi connectivity index (χ4n) is 1.37. The summed E-state index contributed by atoms with van der Waals surface area (Å²) < 4.78 is 5.68. The van der Waals surface area contributed by atoms with Crippen molar-refractivity contribution < 1.29 is 4.74 Å². The molecule has 0 atom stereocenters. The lowest BCUT2D eigenvalue weighted by Crippen LogP contribution is -2.00. The Balaban J connectivity index is 2.72. The Labute approximate surface area is 97.4 Å².